The molecule has 1 aliphatic rings. The summed E-state index contributed by atoms with van der Waals surface area (Å²) in [6, 6.07) is 8.68. The summed E-state index contributed by atoms with van der Waals surface area (Å²) in [5.74, 6) is -0.454. The Morgan fingerprint density at radius 1 is 1.28 bits per heavy atom. The van der Waals surface area contributed by atoms with Crippen molar-refractivity contribution in [3.05, 3.63) is 59.1 Å². The van der Waals surface area contributed by atoms with Crippen LogP contribution in [0.1, 0.15) is 31.1 Å². The molecule has 1 aromatic carbocycles. The van der Waals surface area contributed by atoms with E-state index in [4.69, 9.17) is 4.74 Å². The summed E-state index contributed by atoms with van der Waals surface area (Å²) in [7, 11) is 0. The maximum atomic E-state index is 12.4. The van der Waals surface area contributed by atoms with Gasteiger partial charge in [0, 0.05) is 17.5 Å². The first kappa shape index (κ1) is 16.8. The molecular formula is C18H20N4O3. The number of rotatable bonds is 4. The fourth-order valence-electron chi connectivity index (χ4n) is 2.88. The van der Waals surface area contributed by atoms with Crippen LogP contribution in [0.4, 0.5) is 4.79 Å². The van der Waals surface area contributed by atoms with E-state index in [1.165, 1.54) is 0 Å². The lowest BCUT2D eigenvalue weighted by molar-refractivity contribution is -0.139. The van der Waals surface area contributed by atoms with E-state index in [-0.39, 0.29) is 12.6 Å². The zero-order valence-electron chi connectivity index (χ0n) is 14.4. The first-order valence-corrected chi connectivity index (χ1v) is 8.08. The van der Waals surface area contributed by atoms with E-state index in [9.17, 15) is 9.59 Å². The summed E-state index contributed by atoms with van der Waals surface area (Å²) in [6.07, 6.45) is 1.83. The van der Waals surface area contributed by atoms with Gasteiger partial charge in [-0.05, 0) is 32.9 Å². The Bertz CT molecular complexity index is 839. The minimum Gasteiger partial charge on any atom is -0.463 e. The van der Waals surface area contributed by atoms with Crippen LogP contribution in [-0.4, -0.2) is 28.4 Å². The number of carbonyl (C=O) groups excluding carboxylic acids is 2. The van der Waals surface area contributed by atoms with Crippen LogP contribution < -0.4 is 10.6 Å². The van der Waals surface area contributed by atoms with Crippen LogP contribution in [0.25, 0.3) is 5.69 Å². The molecule has 7 nitrogen and oxygen atoms in total. The summed E-state index contributed by atoms with van der Waals surface area (Å²) in [5, 5.41) is 9.94. The summed E-state index contributed by atoms with van der Waals surface area (Å²) in [5.41, 5.74) is 3.25. The molecule has 1 aliphatic heterocycles. The van der Waals surface area contributed by atoms with Crippen molar-refractivity contribution in [1.82, 2.24) is 20.4 Å². The van der Waals surface area contributed by atoms with Crippen LogP contribution in [0.5, 0.6) is 0 Å². The summed E-state index contributed by atoms with van der Waals surface area (Å²) < 4.78 is 6.89. The molecule has 0 bridgehead atoms. The van der Waals surface area contributed by atoms with Gasteiger partial charge >= 0.3 is 12.0 Å². The summed E-state index contributed by atoms with van der Waals surface area (Å²) >= 11 is 0. The van der Waals surface area contributed by atoms with E-state index in [1.54, 1.807) is 18.5 Å². The largest absolute Gasteiger partial charge is 0.463 e. The average Bonchev–Trinajstić information content (AvgIpc) is 2.97. The minimum atomic E-state index is -0.606. The average molecular weight is 340 g/mol. The van der Waals surface area contributed by atoms with Crippen molar-refractivity contribution in [3.63, 3.8) is 0 Å². The van der Waals surface area contributed by atoms with Gasteiger partial charge in [0.25, 0.3) is 0 Å². The predicted octanol–water partition coefficient (Wildman–Crippen LogP) is 2.37. The summed E-state index contributed by atoms with van der Waals surface area (Å²) in [4.78, 5) is 24.3. The molecule has 0 fully saturated rings. The van der Waals surface area contributed by atoms with Crippen LogP contribution >= 0.6 is 0 Å². The predicted molar refractivity (Wildman–Crippen MR) is 92.0 cm³/mol. The Kier molecular flexibility index (Phi) is 4.56. The molecule has 0 aliphatic carbocycles. The molecule has 0 radical (unpaired) electrons. The van der Waals surface area contributed by atoms with Crippen LogP contribution in [0.15, 0.2) is 47.8 Å². The van der Waals surface area contributed by atoms with Crippen molar-refractivity contribution in [2.45, 2.75) is 26.8 Å². The lowest BCUT2D eigenvalue weighted by atomic mass is 9.96. The van der Waals surface area contributed by atoms with Crippen molar-refractivity contribution < 1.29 is 14.3 Å². The van der Waals surface area contributed by atoms with E-state index in [0.717, 1.165) is 16.9 Å². The molecule has 0 spiro atoms. The van der Waals surface area contributed by atoms with Crippen molar-refractivity contribution in [2.24, 2.45) is 0 Å². The second-order valence-electron chi connectivity index (χ2n) is 5.74. The molecule has 2 N–H and O–H groups in total. The van der Waals surface area contributed by atoms with Crippen LogP contribution in [0, 0.1) is 6.92 Å². The zero-order chi connectivity index (χ0) is 18.0. The smallest absolute Gasteiger partial charge is 0.338 e. The van der Waals surface area contributed by atoms with Crippen LogP contribution in [0.3, 0.4) is 0 Å². The number of aromatic nitrogens is 2. The number of allylic oxidation sites excluding steroid dienone is 1. The van der Waals surface area contributed by atoms with E-state index in [1.807, 2.05) is 43.5 Å². The molecule has 7 heteroatoms. The number of ether oxygens (including phenoxy) is 1. The van der Waals surface area contributed by atoms with Crippen LogP contribution in [-0.2, 0) is 9.53 Å². The Hall–Kier alpha value is -3.09. The molecule has 0 saturated carbocycles. The highest BCUT2D eigenvalue weighted by Crippen LogP contribution is 2.30. The highest BCUT2D eigenvalue weighted by atomic mass is 16.5. The number of aryl methyl sites for hydroxylation is 1. The monoisotopic (exact) mass is 340 g/mol. The van der Waals surface area contributed by atoms with E-state index < -0.39 is 12.0 Å². The number of para-hydroxylation sites is 1. The first-order chi connectivity index (χ1) is 12.0. The Balaban J connectivity index is 2.04. The molecule has 2 heterocycles. The van der Waals surface area contributed by atoms with Gasteiger partial charge in [-0.3, -0.25) is 0 Å². The molecule has 3 rings (SSSR count). The third-order valence-corrected chi connectivity index (χ3v) is 4.03. The Morgan fingerprint density at radius 2 is 2.00 bits per heavy atom. The van der Waals surface area contributed by atoms with E-state index >= 15 is 0 Å². The second kappa shape index (κ2) is 6.80. The van der Waals surface area contributed by atoms with Crippen molar-refractivity contribution in [1.29, 1.82) is 0 Å². The lowest BCUT2D eigenvalue weighted by Gasteiger charge is -2.27. The van der Waals surface area contributed by atoms with Crippen LogP contribution in [0.2, 0.25) is 0 Å². The highest BCUT2D eigenvalue weighted by molar-refractivity contribution is 5.95. The molecular weight excluding hydrogens is 320 g/mol. The number of carbonyl (C=O) groups is 2. The number of urea groups is 1. The normalized spacial score (nSPS) is 17.1. The molecule has 130 valence electrons. The highest BCUT2D eigenvalue weighted by Gasteiger charge is 2.34. The quantitative estimate of drug-likeness (QED) is 0.837. The van der Waals surface area contributed by atoms with Gasteiger partial charge in [-0.1, -0.05) is 18.2 Å². The second-order valence-corrected chi connectivity index (χ2v) is 5.74. The number of hydrogen-bond donors (Lipinski definition) is 2. The van der Waals surface area contributed by atoms with Gasteiger partial charge in [0.05, 0.1) is 29.6 Å². The molecule has 1 aromatic heterocycles. The number of hydrogen-bond acceptors (Lipinski definition) is 4. The third kappa shape index (κ3) is 3.26. The molecule has 1 atom stereocenters. The maximum Gasteiger partial charge on any atom is 0.338 e. The van der Waals surface area contributed by atoms with Gasteiger partial charge in [-0.2, -0.15) is 5.10 Å². The van der Waals surface area contributed by atoms with Gasteiger partial charge in [-0.15, -0.1) is 0 Å². The molecule has 2 aromatic rings. The molecule has 2 amide bonds. The minimum absolute atomic E-state index is 0.262. The van der Waals surface area contributed by atoms with Gasteiger partial charge in [0.1, 0.15) is 0 Å². The number of esters is 1. The molecule has 0 saturated heterocycles. The van der Waals surface area contributed by atoms with E-state index in [0.29, 0.717) is 11.3 Å². The molecule has 0 unspecified atom stereocenters. The van der Waals surface area contributed by atoms with E-state index in [2.05, 4.69) is 15.7 Å². The van der Waals surface area contributed by atoms with Gasteiger partial charge in [-0.25, -0.2) is 14.3 Å². The fraction of sp³-hybridized carbons (Fsp3) is 0.278. The van der Waals surface area contributed by atoms with Crippen molar-refractivity contribution >= 4 is 12.0 Å². The maximum absolute atomic E-state index is 12.4. The topological polar surface area (TPSA) is 85.2 Å². The number of amides is 2. The molecule has 25 heavy (non-hydrogen) atoms. The van der Waals surface area contributed by atoms with Crippen molar-refractivity contribution in [2.75, 3.05) is 6.61 Å². The standard InChI is InChI=1S/C18H20N4O3/c1-4-25-17(23)15-12(3)19-18(24)20-16(15)14-10-22(21-11(14)2)13-8-6-5-7-9-13/h5-10,16H,4H2,1-3H3,(H2,19,20,24)/t16-/m0/s1. The van der Waals surface area contributed by atoms with Gasteiger partial charge < -0.3 is 15.4 Å². The number of nitrogens with one attached hydrogen (secondary N) is 2. The van der Waals surface area contributed by atoms with Gasteiger partial charge in [0.15, 0.2) is 0 Å². The first-order valence-electron chi connectivity index (χ1n) is 8.08. The SMILES string of the molecule is CCOC(=O)C1=C(C)NC(=O)N[C@H]1c1cn(-c2ccccc2)nc1C. The number of benzene rings is 1. The third-order valence-electron chi connectivity index (χ3n) is 4.03. The Labute approximate surface area is 145 Å². The lowest BCUT2D eigenvalue weighted by Crippen LogP contribution is -2.45. The summed E-state index contributed by atoms with van der Waals surface area (Å²) in [6.45, 7) is 5.55. The fourth-order valence-corrected chi connectivity index (χ4v) is 2.88. The zero-order valence-corrected chi connectivity index (χ0v) is 14.4. The van der Waals surface area contributed by atoms with Gasteiger partial charge in [0.2, 0.25) is 0 Å². The number of nitrogens with zero attached hydrogens (tertiary/aromatic N) is 2. The Morgan fingerprint density at radius 3 is 2.68 bits per heavy atom. The van der Waals surface area contributed by atoms with Crippen molar-refractivity contribution in [3.8, 4) is 5.69 Å².